The van der Waals surface area contributed by atoms with E-state index in [0.29, 0.717) is 16.7 Å². The van der Waals surface area contributed by atoms with Gasteiger partial charge >= 0.3 is 0 Å². The maximum atomic E-state index is 9.01. The van der Waals surface area contributed by atoms with Crippen LogP contribution >= 0.6 is 11.6 Å². The molecule has 0 unspecified atom stereocenters. The van der Waals surface area contributed by atoms with E-state index in [2.05, 4.69) is 29.0 Å². The molecule has 16 heavy (non-hydrogen) atoms. The molecule has 0 aliphatic carbocycles. The van der Waals surface area contributed by atoms with Crippen LogP contribution < -0.4 is 0 Å². The Hall–Kier alpha value is -1.32. The number of aromatic nitrogens is 2. The van der Waals surface area contributed by atoms with E-state index in [4.69, 9.17) is 16.7 Å². The van der Waals surface area contributed by atoms with E-state index < -0.39 is 0 Å². The molecular formula is C12H13ClN2O. The Morgan fingerprint density at radius 3 is 2.50 bits per heavy atom. The van der Waals surface area contributed by atoms with Gasteiger partial charge in [0.2, 0.25) is 0 Å². The zero-order valence-electron chi connectivity index (χ0n) is 9.00. The van der Waals surface area contributed by atoms with Crippen molar-refractivity contribution in [1.29, 1.82) is 0 Å². The molecule has 84 valence electrons. The summed E-state index contributed by atoms with van der Waals surface area (Å²) in [7, 11) is 0. The van der Waals surface area contributed by atoms with Crippen LogP contribution in [-0.2, 0) is 13.0 Å². The second-order valence-corrected chi connectivity index (χ2v) is 3.92. The van der Waals surface area contributed by atoms with Crippen LogP contribution in [0.4, 0.5) is 0 Å². The molecule has 0 aliphatic heterocycles. The minimum Gasteiger partial charge on any atom is -0.390 e. The first-order valence-corrected chi connectivity index (χ1v) is 5.57. The van der Waals surface area contributed by atoms with Crippen molar-refractivity contribution in [3.05, 3.63) is 40.7 Å². The highest BCUT2D eigenvalue weighted by molar-refractivity contribution is 6.30. The molecule has 0 saturated carbocycles. The third kappa shape index (κ3) is 2.10. The summed E-state index contributed by atoms with van der Waals surface area (Å²) in [5.74, 6) is 0.691. The van der Waals surface area contributed by atoms with Gasteiger partial charge in [0.15, 0.2) is 5.15 Å². The lowest BCUT2D eigenvalue weighted by Gasteiger charge is -1.99. The van der Waals surface area contributed by atoms with Crippen molar-refractivity contribution in [3.63, 3.8) is 0 Å². The number of H-pyrrole nitrogens is 1. The standard InChI is InChI=1S/C12H13ClN2O/c1-2-8-3-5-9(6-4-8)12-14-10(7-16)11(13)15-12/h3-6,16H,2,7H2,1H3,(H,14,15). The van der Waals surface area contributed by atoms with Crippen LogP contribution in [0.25, 0.3) is 11.4 Å². The van der Waals surface area contributed by atoms with Gasteiger partial charge in [-0.2, -0.15) is 0 Å². The third-order valence-corrected chi connectivity index (χ3v) is 2.83. The van der Waals surface area contributed by atoms with Crippen LogP contribution in [-0.4, -0.2) is 15.1 Å². The van der Waals surface area contributed by atoms with Gasteiger partial charge in [0.1, 0.15) is 5.82 Å². The Morgan fingerprint density at radius 1 is 1.31 bits per heavy atom. The number of halogens is 1. The second kappa shape index (κ2) is 4.68. The predicted molar refractivity (Wildman–Crippen MR) is 64.3 cm³/mol. The summed E-state index contributed by atoms with van der Waals surface area (Å²) in [6.45, 7) is 1.99. The molecule has 0 fully saturated rings. The minimum absolute atomic E-state index is 0.126. The monoisotopic (exact) mass is 236 g/mol. The lowest BCUT2D eigenvalue weighted by Crippen LogP contribution is -1.85. The fourth-order valence-electron chi connectivity index (χ4n) is 1.53. The van der Waals surface area contributed by atoms with Gasteiger partial charge in [-0.05, 0) is 12.0 Å². The Morgan fingerprint density at radius 2 is 2.00 bits per heavy atom. The normalized spacial score (nSPS) is 10.7. The molecule has 1 aromatic carbocycles. The fourth-order valence-corrected chi connectivity index (χ4v) is 1.72. The van der Waals surface area contributed by atoms with E-state index in [0.717, 1.165) is 12.0 Å². The molecule has 2 aromatic rings. The summed E-state index contributed by atoms with van der Waals surface area (Å²) in [5, 5.41) is 9.34. The van der Waals surface area contributed by atoms with Crippen molar-refractivity contribution < 1.29 is 5.11 Å². The number of nitrogens with one attached hydrogen (secondary N) is 1. The molecule has 0 saturated heterocycles. The molecule has 2 N–H and O–H groups in total. The highest BCUT2D eigenvalue weighted by Gasteiger charge is 2.08. The first kappa shape index (κ1) is 11.2. The molecule has 1 heterocycles. The van der Waals surface area contributed by atoms with E-state index >= 15 is 0 Å². The predicted octanol–water partition coefficient (Wildman–Crippen LogP) is 2.78. The summed E-state index contributed by atoms with van der Waals surface area (Å²) in [6, 6.07) is 8.11. The van der Waals surface area contributed by atoms with Crippen molar-refractivity contribution in [3.8, 4) is 11.4 Å². The molecule has 4 heteroatoms. The smallest absolute Gasteiger partial charge is 0.153 e. The summed E-state index contributed by atoms with van der Waals surface area (Å²) >= 11 is 5.85. The van der Waals surface area contributed by atoms with Crippen molar-refractivity contribution >= 4 is 11.6 Å². The minimum atomic E-state index is -0.126. The molecule has 3 nitrogen and oxygen atoms in total. The molecule has 0 aliphatic rings. The Labute approximate surface area is 99.1 Å². The van der Waals surface area contributed by atoms with Crippen LogP contribution in [0, 0.1) is 0 Å². The summed E-state index contributed by atoms with van der Waals surface area (Å²) in [4.78, 5) is 7.15. The zero-order valence-corrected chi connectivity index (χ0v) is 9.75. The zero-order chi connectivity index (χ0) is 11.5. The van der Waals surface area contributed by atoms with Crippen LogP contribution in [0.1, 0.15) is 18.2 Å². The number of aliphatic hydroxyl groups excluding tert-OH is 1. The number of aryl methyl sites for hydroxylation is 1. The van der Waals surface area contributed by atoms with E-state index in [1.54, 1.807) is 0 Å². The first-order valence-electron chi connectivity index (χ1n) is 5.19. The van der Waals surface area contributed by atoms with Gasteiger partial charge in [-0.1, -0.05) is 42.8 Å². The molecule has 0 bridgehead atoms. The van der Waals surface area contributed by atoms with Crippen LogP contribution in [0.2, 0.25) is 5.15 Å². The van der Waals surface area contributed by atoms with E-state index in [1.807, 2.05) is 12.1 Å². The van der Waals surface area contributed by atoms with Crippen molar-refractivity contribution in [2.75, 3.05) is 0 Å². The van der Waals surface area contributed by atoms with Crippen LogP contribution in [0.15, 0.2) is 24.3 Å². The molecule has 2 rings (SSSR count). The first-order chi connectivity index (χ1) is 7.74. The average Bonchev–Trinajstić information content (AvgIpc) is 2.71. The highest BCUT2D eigenvalue weighted by Crippen LogP contribution is 2.21. The number of rotatable bonds is 3. The highest BCUT2D eigenvalue weighted by atomic mass is 35.5. The SMILES string of the molecule is CCc1ccc(-c2nc(Cl)c(CO)[nH]2)cc1. The summed E-state index contributed by atoms with van der Waals surface area (Å²) in [5.41, 5.74) is 2.80. The van der Waals surface area contributed by atoms with Gasteiger partial charge in [-0.15, -0.1) is 0 Å². The number of hydrogen-bond acceptors (Lipinski definition) is 2. The van der Waals surface area contributed by atoms with Crippen molar-refractivity contribution in [2.45, 2.75) is 20.0 Å². The van der Waals surface area contributed by atoms with Gasteiger partial charge < -0.3 is 10.1 Å². The van der Waals surface area contributed by atoms with E-state index in [-0.39, 0.29) is 6.61 Å². The third-order valence-electron chi connectivity index (χ3n) is 2.52. The Kier molecular flexibility index (Phi) is 3.27. The largest absolute Gasteiger partial charge is 0.390 e. The molecule has 0 spiro atoms. The number of hydrogen-bond donors (Lipinski definition) is 2. The number of imidazole rings is 1. The van der Waals surface area contributed by atoms with Gasteiger partial charge in [0, 0.05) is 5.56 Å². The number of aromatic amines is 1. The second-order valence-electron chi connectivity index (χ2n) is 3.56. The van der Waals surface area contributed by atoms with E-state index in [1.165, 1.54) is 5.56 Å². The van der Waals surface area contributed by atoms with E-state index in [9.17, 15) is 0 Å². The molecular weight excluding hydrogens is 224 g/mol. The number of aliphatic hydroxyl groups is 1. The number of nitrogens with zero attached hydrogens (tertiary/aromatic N) is 1. The van der Waals surface area contributed by atoms with Crippen molar-refractivity contribution in [1.82, 2.24) is 9.97 Å². The van der Waals surface area contributed by atoms with Crippen LogP contribution in [0.3, 0.4) is 0 Å². The van der Waals surface area contributed by atoms with Crippen LogP contribution in [0.5, 0.6) is 0 Å². The Bertz CT molecular complexity index is 476. The van der Waals surface area contributed by atoms with Gasteiger partial charge in [0.25, 0.3) is 0 Å². The van der Waals surface area contributed by atoms with Gasteiger partial charge in [-0.25, -0.2) is 4.98 Å². The molecule has 0 radical (unpaired) electrons. The molecule has 0 amide bonds. The molecule has 1 aromatic heterocycles. The topological polar surface area (TPSA) is 48.9 Å². The average molecular weight is 237 g/mol. The number of benzene rings is 1. The quantitative estimate of drug-likeness (QED) is 0.861. The summed E-state index contributed by atoms with van der Waals surface area (Å²) < 4.78 is 0. The lowest BCUT2D eigenvalue weighted by molar-refractivity contribution is 0.277. The van der Waals surface area contributed by atoms with Gasteiger partial charge in [-0.3, -0.25) is 0 Å². The molecule has 0 atom stereocenters. The fraction of sp³-hybridized carbons (Fsp3) is 0.250. The lowest BCUT2D eigenvalue weighted by atomic mass is 10.1. The van der Waals surface area contributed by atoms with Gasteiger partial charge in [0.05, 0.1) is 12.3 Å². The summed E-state index contributed by atoms with van der Waals surface area (Å²) in [6.07, 6.45) is 1.01. The Balaban J connectivity index is 2.34. The van der Waals surface area contributed by atoms with Crippen molar-refractivity contribution in [2.24, 2.45) is 0 Å². The maximum absolute atomic E-state index is 9.01. The maximum Gasteiger partial charge on any atom is 0.153 e.